The summed E-state index contributed by atoms with van der Waals surface area (Å²) in [6.07, 6.45) is 2.87. The van der Waals surface area contributed by atoms with E-state index in [-0.39, 0.29) is 41.7 Å². The molecule has 1 amide bonds. The summed E-state index contributed by atoms with van der Waals surface area (Å²) in [5, 5.41) is 5.54. The van der Waals surface area contributed by atoms with Gasteiger partial charge in [-0.1, -0.05) is 18.5 Å². The number of hydrogen-bond donors (Lipinski definition) is 3. The summed E-state index contributed by atoms with van der Waals surface area (Å²) in [4.78, 5) is 25.1. The van der Waals surface area contributed by atoms with Gasteiger partial charge in [0.15, 0.2) is 17.3 Å². The van der Waals surface area contributed by atoms with Gasteiger partial charge >= 0.3 is 0 Å². The van der Waals surface area contributed by atoms with E-state index in [4.69, 9.17) is 17.3 Å². The van der Waals surface area contributed by atoms with Crippen molar-refractivity contribution in [2.75, 3.05) is 10.6 Å². The van der Waals surface area contributed by atoms with Crippen molar-refractivity contribution in [3.63, 3.8) is 0 Å². The molecule has 13 heteroatoms. The van der Waals surface area contributed by atoms with Crippen molar-refractivity contribution in [2.24, 2.45) is 11.1 Å². The lowest BCUT2D eigenvalue weighted by molar-refractivity contribution is -0.128. The van der Waals surface area contributed by atoms with Crippen molar-refractivity contribution in [2.45, 2.75) is 63.5 Å². The minimum atomic E-state index is -2.71. The number of anilines is 3. The third kappa shape index (κ3) is 4.54. The molecule has 1 aromatic carbocycles. The fraction of sp³-hybridized carbons (Fsp3) is 0.478. The van der Waals surface area contributed by atoms with Crippen LogP contribution in [0.25, 0.3) is 11.2 Å². The molecule has 8 nitrogen and oxygen atoms in total. The second-order valence-corrected chi connectivity index (χ2v) is 10.3. The average Bonchev–Trinajstić information content (AvgIpc) is 3.13. The number of fused-ring (bicyclic) bond motifs is 1. The predicted octanol–water partition coefficient (Wildman–Crippen LogP) is 5.32. The minimum absolute atomic E-state index is 0.0924. The fourth-order valence-corrected chi connectivity index (χ4v) is 5.05. The largest absolute Gasteiger partial charge is 0.369 e. The molecule has 0 saturated heterocycles. The average molecular weight is 526 g/mol. The van der Waals surface area contributed by atoms with Gasteiger partial charge in [0, 0.05) is 35.4 Å². The number of nitrogens with zero attached hydrogens (tertiary/aromatic N) is 4. The molecule has 2 heterocycles. The van der Waals surface area contributed by atoms with Gasteiger partial charge in [-0.3, -0.25) is 9.36 Å². The SMILES string of the molecule is CC1(C(N)=O)CCC(n2c(Nc3c(F)cc(Cl)cc3F)nc3cnc(NC4CC(F)(F)C4)nc32)CC1. The Morgan fingerprint density at radius 1 is 1.17 bits per heavy atom. The molecule has 3 aromatic rings. The monoisotopic (exact) mass is 525 g/mol. The zero-order valence-electron chi connectivity index (χ0n) is 19.3. The Hall–Kier alpha value is -3.15. The van der Waals surface area contributed by atoms with Crippen LogP contribution in [0.1, 0.15) is 51.5 Å². The van der Waals surface area contributed by atoms with Crippen LogP contribution in [0.15, 0.2) is 18.3 Å². The van der Waals surface area contributed by atoms with Crippen LogP contribution in [0.2, 0.25) is 5.02 Å². The molecule has 4 N–H and O–H groups in total. The van der Waals surface area contributed by atoms with Gasteiger partial charge in [0.25, 0.3) is 5.92 Å². The van der Waals surface area contributed by atoms with Crippen molar-refractivity contribution in [3.05, 3.63) is 35.0 Å². The van der Waals surface area contributed by atoms with Crippen LogP contribution in [0.4, 0.5) is 35.1 Å². The smallest absolute Gasteiger partial charge is 0.252 e. The maximum absolute atomic E-state index is 14.6. The molecular weight excluding hydrogens is 502 g/mol. The van der Waals surface area contributed by atoms with E-state index in [1.54, 1.807) is 4.57 Å². The maximum atomic E-state index is 14.6. The number of nitrogens with two attached hydrogens (primary N) is 1. The first kappa shape index (κ1) is 24.5. The van der Waals surface area contributed by atoms with Crippen LogP contribution in [0.5, 0.6) is 0 Å². The number of carbonyl (C=O) groups excluding carboxylic acids is 1. The third-order valence-electron chi connectivity index (χ3n) is 7.12. The Balaban J connectivity index is 1.52. The van der Waals surface area contributed by atoms with E-state index in [0.717, 1.165) is 12.1 Å². The number of alkyl halides is 2. The lowest BCUT2D eigenvalue weighted by Gasteiger charge is -2.36. The number of benzene rings is 1. The molecule has 2 aliphatic rings. The molecule has 2 aliphatic carbocycles. The molecule has 36 heavy (non-hydrogen) atoms. The van der Waals surface area contributed by atoms with Crippen molar-refractivity contribution in [1.29, 1.82) is 0 Å². The van der Waals surface area contributed by atoms with Gasteiger partial charge in [-0.2, -0.15) is 4.98 Å². The number of rotatable bonds is 6. The van der Waals surface area contributed by atoms with Crippen molar-refractivity contribution < 1.29 is 22.4 Å². The van der Waals surface area contributed by atoms with E-state index >= 15 is 0 Å². The number of primary amides is 1. The van der Waals surface area contributed by atoms with Gasteiger partial charge in [0.2, 0.25) is 17.8 Å². The van der Waals surface area contributed by atoms with Gasteiger partial charge in [-0.15, -0.1) is 0 Å². The molecule has 0 aliphatic heterocycles. The number of halogens is 5. The van der Waals surface area contributed by atoms with Crippen LogP contribution in [0.3, 0.4) is 0 Å². The minimum Gasteiger partial charge on any atom is -0.369 e. The summed E-state index contributed by atoms with van der Waals surface area (Å²) in [6, 6.07) is 1.28. The van der Waals surface area contributed by atoms with Gasteiger partial charge in [0.1, 0.15) is 11.2 Å². The Morgan fingerprint density at radius 3 is 2.39 bits per heavy atom. The third-order valence-corrected chi connectivity index (χ3v) is 7.34. The number of hydrogen-bond acceptors (Lipinski definition) is 6. The highest BCUT2D eigenvalue weighted by atomic mass is 35.5. The van der Waals surface area contributed by atoms with Crippen LogP contribution in [-0.4, -0.2) is 37.4 Å². The highest BCUT2D eigenvalue weighted by molar-refractivity contribution is 6.30. The summed E-state index contributed by atoms with van der Waals surface area (Å²) in [5.41, 5.74) is 5.21. The first-order chi connectivity index (χ1) is 16.9. The van der Waals surface area contributed by atoms with Crippen molar-refractivity contribution in [3.8, 4) is 0 Å². The fourth-order valence-electron chi connectivity index (χ4n) is 4.86. The number of imidazole rings is 1. The lowest BCUT2D eigenvalue weighted by atomic mass is 9.73. The van der Waals surface area contributed by atoms with Crippen LogP contribution in [-0.2, 0) is 4.79 Å². The van der Waals surface area contributed by atoms with Gasteiger partial charge in [0.05, 0.1) is 6.20 Å². The number of amides is 1. The topological polar surface area (TPSA) is 111 Å². The van der Waals surface area contributed by atoms with Gasteiger partial charge in [-0.25, -0.2) is 27.5 Å². The molecule has 192 valence electrons. The Morgan fingerprint density at radius 2 is 1.81 bits per heavy atom. The first-order valence-corrected chi connectivity index (χ1v) is 11.9. The molecule has 2 aromatic heterocycles. The summed E-state index contributed by atoms with van der Waals surface area (Å²) in [7, 11) is 0. The maximum Gasteiger partial charge on any atom is 0.252 e. The first-order valence-electron chi connectivity index (χ1n) is 11.5. The molecule has 2 fully saturated rings. The molecule has 0 bridgehead atoms. The Kier molecular flexibility index (Phi) is 5.97. The van der Waals surface area contributed by atoms with E-state index in [1.165, 1.54) is 6.20 Å². The quantitative estimate of drug-likeness (QED) is 0.376. The summed E-state index contributed by atoms with van der Waals surface area (Å²) >= 11 is 5.75. The molecule has 0 atom stereocenters. The molecular formula is C23H24ClF4N7O. The van der Waals surface area contributed by atoms with Crippen LogP contribution in [0, 0.1) is 17.0 Å². The zero-order valence-corrected chi connectivity index (χ0v) is 20.0. The van der Waals surface area contributed by atoms with Crippen LogP contribution >= 0.6 is 11.6 Å². The number of carbonyl (C=O) groups is 1. The highest BCUT2D eigenvalue weighted by Gasteiger charge is 2.45. The Bertz CT molecular complexity index is 1310. The van der Waals surface area contributed by atoms with E-state index in [0.29, 0.717) is 36.8 Å². The predicted molar refractivity (Wildman–Crippen MR) is 126 cm³/mol. The normalized spacial score (nSPS) is 23.9. The standard InChI is InChI=1S/C23H24ClF4N7O/c1-22(19(29)36)4-2-13(3-5-22)35-18-16(10-30-20(34-18)31-12-8-23(27,28)9-12)32-21(35)33-17-14(25)6-11(24)7-15(17)26/h6-7,10,12-13H,2-5,8-9H2,1H3,(H2,29,36)(H,32,33)(H,30,31,34). The second kappa shape index (κ2) is 8.75. The van der Waals surface area contributed by atoms with Crippen molar-refractivity contribution in [1.82, 2.24) is 19.5 Å². The second-order valence-electron chi connectivity index (χ2n) is 9.84. The number of aromatic nitrogens is 4. The Labute approximate surface area is 208 Å². The molecule has 0 radical (unpaired) electrons. The van der Waals surface area contributed by atoms with Crippen molar-refractivity contribution >= 4 is 46.3 Å². The summed E-state index contributed by atoms with van der Waals surface area (Å²) in [6.45, 7) is 1.81. The lowest BCUT2D eigenvalue weighted by Crippen LogP contribution is -2.44. The summed E-state index contributed by atoms with van der Waals surface area (Å²) < 4.78 is 57.4. The van der Waals surface area contributed by atoms with Gasteiger partial charge in [-0.05, 0) is 37.8 Å². The van der Waals surface area contributed by atoms with Crippen LogP contribution < -0.4 is 16.4 Å². The van der Waals surface area contributed by atoms with E-state index in [1.807, 2.05) is 6.92 Å². The van der Waals surface area contributed by atoms with E-state index in [9.17, 15) is 22.4 Å². The zero-order chi connectivity index (χ0) is 25.8. The molecule has 2 saturated carbocycles. The summed E-state index contributed by atoms with van der Waals surface area (Å²) in [5.74, 6) is -4.61. The highest BCUT2D eigenvalue weighted by Crippen LogP contribution is 2.43. The number of nitrogens with one attached hydrogen (secondary N) is 2. The molecule has 0 spiro atoms. The van der Waals surface area contributed by atoms with E-state index < -0.39 is 34.7 Å². The molecule has 5 rings (SSSR count). The molecule has 0 unspecified atom stereocenters. The van der Waals surface area contributed by atoms with E-state index in [2.05, 4.69) is 25.6 Å². The van der Waals surface area contributed by atoms with Gasteiger partial charge < -0.3 is 16.4 Å².